The summed E-state index contributed by atoms with van der Waals surface area (Å²) in [5, 5.41) is 0. The molecule has 2 rings (SSSR count). The molecule has 1 aliphatic heterocycles. The monoisotopic (exact) mass is 251 g/mol. The fourth-order valence-electron chi connectivity index (χ4n) is 4.13. The Bertz CT molecular complexity index is 272. The smallest absolute Gasteiger partial charge is 0.127 e. The Labute approximate surface area is 112 Å². The van der Waals surface area contributed by atoms with Crippen molar-refractivity contribution in [3.63, 3.8) is 0 Å². The molecule has 0 aromatic heterocycles. The largest absolute Gasteiger partial charge is 0.303 e. The van der Waals surface area contributed by atoms with Crippen molar-refractivity contribution in [3.05, 3.63) is 0 Å². The van der Waals surface area contributed by atoms with Crippen LogP contribution in [0.3, 0.4) is 0 Å². The zero-order chi connectivity index (χ0) is 13.0. The normalized spacial score (nSPS) is 29.6. The van der Waals surface area contributed by atoms with E-state index in [1.54, 1.807) is 0 Å². The van der Waals surface area contributed by atoms with Gasteiger partial charge in [0.2, 0.25) is 0 Å². The van der Waals surface area contributed by atoms with Crippen LogP contribution in [0, 0.1) is 11.3 Å². The molecule has 1 saturated heterocycles. The maximum Gasteiger partial charge on any atom is 0.127 e. The predicted octanol–water partition coefficient (Wildman–Crippen LogP) is 3.65. The quantitative estimate of drug-likeness (QED) is 0.672. The van der Waals surface area contributed by atoms with Gasteiger partial charge in [0.25, 0.3) is 0 Å². The van der Waals surface area contributed by atoms with Crippen LogP contribution in [0.15, 0.2) is 0 Å². The van der Waals surface area contributed by atoms with Crippen LogP contribution in [0.2, 0.25) is 0 Å². The number of carbonyl (C=O) groups excluding carboxylic acids is 1. The molecule has 0 radical (unpaired) electrons. The molecule has 0 aromatic carbocycles. The van der Waals surface area contributed by atoms with Crippen LogP contribution < -0.4 is 0 Å². The Morgan fingerprint density at radius 2 is 1.94 bits per heavy atom. The summed E-state index contributed by atoms with van der Waals surface area (Å²) < 4.78 is 0. The van der Waals surface area contributed by atoms with Crippen LogP contribution in [-0.2, 0) is 4.79 Å². The number of likely N-dealkylation sites (tertiary alicyclic amines) is 1. The average Bonchev–Trinajstić information content (AvgIpc) is 2.99. The van der Waals surface area contributed by atoms with Crippen LogP contribution in [0.1, 0.15) is 65.2 Å². The summed E-state index contributed by atoms with van der Waals surface area (Å²) in [6.45, 7) is 6.54. The third kappa shape index (κ3) is 3.14. The number of aldehydes is 1. The van der Waals surface area contributed by atoms with Gasteiger partial charge in [0.15, 0.2) is 0 Å². The van der Waals surface area contributed by atoms with Gasteiger partial charge < -0.3 is 4.79 Å². The van der Waals surface area contributed by atoms with Crippen molar-refractivity contribution < 1.29 is 4.79 Å². The highest BCUT2D eigenvalue weighted by atomic mass is 16.1. The van der Waals surface area contributed by atoms with Crippen molar-refractivity contribution in [2.45, 2.75) is 71.3 Å². The molecule has 2 fully saturated rings. The van der Waals surface area contributed by atoms with Crippen molar-refractivity contribution in [2.24, 2.45) is 11.3 Å². The summed E-state index contributed by atoms with van der Waals surface area (Å²) >= 11 is 0. The highest BCUT2D eigenvalue weighted by Crippen LogP contribution is 2.37. The molecular weight excluding hydrogens is 222 g/mol. The second-order valence-corrected chi connectivity index (χ2v) is 6.75. The molecule has 2 heteroatoms. The second kappa shape index (κ2) is 6.18. The summed E-state index contributed by atoms with van der Waals surface area (Å²) in [6, 6.07) is 0.781. The van der Waals surface area contributed by atoms with Gasteiger partial charge in [-0.25, -0.2) is 0 Å². The highest BCUT2D eigenvalue weighted by molar-refractivity contribution is 5.59. The first-order chi connectivity index (χ1) is 8.68. The topological polar surface area (TPSA) is 20.3 Å². The molecule has 2 unspecified atom stereocenters. The lowest BCUT2D eigenvalue weighted by molar-refractivity contribution is -0.117. The first kappa shape index (κ1) is 14.0. The predicted molar refractivity (Wildman–Crippen MR) is 75.6 cm³/mol. The average molecular weight is 251 g/mol. The van der Waals surface area contributed by atoms with E-state index in [2.05, 4.69) is 18.7 Å². The minimum absolute atomic E-state index is 0.115. The number of hydrogen-bond acceptors (Lipinski definition) is 2. The molecule has 1 saturated carbocycles. The Hall–Kier alpha value is -0.370. The fraction of sp³-hybridized carbons (Fsp3) is 0.938. The van der Waals surface area contributed by atoms with Crippen molar-refractivity contribution >= 4 is 6.29 Å². The standard InChI is InChI=1S/C16H29NO/c1-3-10-16(2,13-18)12-17-11-6-9-15(17)14-7-4-5-8-14/h13-15H,3-12H2,1-2H3. The van der Waals surface area contributed by atoms with Crippen molar-refractivity contribution in [2.75, 3.05) is 13.1 Å². The lowest BCUT2D eigenvalue weighted by Crippen LogP contribution is -2.42. The van der Waals surface area contributed by atoms with Gasteiger partial charge in [-0.05, 0) is 44.6 Å². The Morgan fingerprint density at radius 3 is 2.56 bits per heavy atom. The van der Waals surface area contributed by atoms with Crippen LogP contribution in [-0.4, -0.2) is 30.3 Å². The molecule has 18 heavy (non-hydrogen) atoms. The number of nitrogens with zero attached hydrogens (tertiary/aromatic N) is 1. The van der Waals surface area contributed by atoms with Gasteiger partial charge in [0, 0.05) is 18.0 Å². The number of carbonyl (C=O) groups is 1. The van der Waals surface area contributed by atoms with Crippen LogP contribution >= 0.6 is 0 Å². The lowest BCUT2D eigenvalue weighted by Gasteiger charge is -2.35. The molecule has 0 amide bonds. The molecule has 2 atom stereocenters. The van der Waals surface area contributed by atoms with E-state index < -0.39 is 0 Å². The minimum Gasteiger partial charge on any atom is -0.303 e. The summed E-state index contributed by atoms with van der Waals surface area (Å²) in [7, 11) is 0. The molecule has 0 aromatic rings. The van der Waals surface area contributed by atoms with E-state index in [1.165, 1.54) is 51.4 Å². The zero-order valence-electron chi connectivity index (χ0n) is 12.2. The second-order valence-electron chi connectivity index (χ2n) is 6.75. The third-order valence-electron chi connectivity index (χ3n) is 5.03. The highest BCUT2D eigenvalue weighted by Gasteiger charge is 2.36. The summed E-state index contributed by atoms with van der Waals surface area (Å²) in [5.74, 6) is 0.921. The van der Waals surface area contributed by atoms with E-state index in [-0.39, 0.29) is 5.41 Å². The summed E-state index contributed by atoms with van der Waals surface area (Å²) in [6.07, 6.45) is 11.7. The molecule has 104 valence electrons. The van der Waals surface area contributed by atoms with Crippen molar-refractivity contribution in [1.82, 2.24) is 4.90 Å². The Balaban J connectivity index is 1.96. The molecule has 2 aliphatic rings. The van der Waals surface area contributed by atoms with Gasteiger partial charge in [-0.15, -0.1) is 0 Å². The summed E-state index contributed by atoms with van der Waals surface area (Å²) in [5.41, 5.74) is -0.115. The van der Waals surface area contributed by atoms with Gasteiger partial charge in [-0.1, -0.05) is 33.1 Å². The SMILES string of the molecule is CCCC(C)(C=O)CN1CCCC1C1CCCC1. The maximum absolute atomic E-state index is 11.4. The van der Waals surface area contributed by atoms with E-state index in [4.69, 9.17) is 0 Å². The van der Waals surface area contributed by atoms with E-state index >= 15 is 0 Å². The lowest BCUT2D eigenvalue weighted by atomic mass is 9.85. The third-order valence-corrected chi connectivity index (χ3v) is 5.03. The maximum atomic E-state index is 11.4. The van der Waals surface area contributed by atoms with E-state index in [9.17, 15) is 4.79 Å². The molecule has 0 spiro atoms. The minimum atomic E-state index is -0.115. The molecule has 0 N–H and O–H groups in total. The van der Waals surface area contributed by atoms with E-state index in [1.807, 2.05) is 0 Å². The van der Waals surface area contributed by atoms with Gasteiger partial charge in [0.1, 0.15) is 6.29 Å². The molecule has 1 heterocycles. The van der Waals surface area contributed by atoms with Gasteiger partial charge in [-0.2, -0.15) is 0 Å². The van der Waals surface area contributed by atoms with Crippen LogP contribution in [0.4, 0.5) is 0 Å². The number of rotatable bonds is 6. The fourth-order valence-corrected chi connectivity index (χ4v) is 4.13. The zero-order valence-corrected chi connectivity index (χ0v) is 12.2. The molecule has 2 nitrogen and oxygen atoms in total. The van der Waals surface area contributed by atoms with Crippen molar-refractivity contribution in [3.8, 4) is 0 Å². The summed E-state index contributed by atoms with van der Waals surface area (Å²) in [4.78, 5) is 14.0. The van der Waals surface area contributed by atoms with Gasteiger partial charge in [-0.3, -0.25) is 4.90 Å². The van der Waals surface area contributed by atoms with Crippen LogP contribution in [0.5, 0.6) is 0 Å². The van der Waals surface area contributed by atoms with Crippen LogP contribution in [0.25, 0.3) is 0 Å². The van der Waals surface area contributed by atoms with Crippen molar-refractivity contribution in [1.29, 1.82) is 0 Å². The first-order valence-corrected chi connectivity index (χ1v) is 7.89. The van der Waals surface area contributed by atoms with E-state index in [0.29, 0.717) is 0 Å². The number of hydrogen-bond donors (Lipinski definition) is 0. The molecule has 0 bridgehead atoms. The van der Waals surface area contributed by atoms with Gasteiger partial charge in [0.05, 0.1) is 0 Å². The Morgan fingerprint density at radius 1 is 1.22 bits per heavy atom. The van der Waals surface area contributed by atoms with E-state index in [0.717, 1.165) is 31.3 Å². The Kier molecular flexibility index (Phi) is 4.83. The van der Waals surface area contributed by atoms with Gasteiger partial charge >= 0.3 is 0 Å². The molecule has 1 aliphatic carbocycles. The molecular formula is C16H29NO. The first-order valence-electron chi connectivity index (χ1n) is 7.89.